The van der Waals surface area contributed by atoms with Crippen LogP contribution in [-0.2, 0) is 4.79 Å². The van der Waals surface area contributed by atoms with E-state index in [0.29, 0.717) is 13.0 Å². The summed E-state index contributed by atoms with van der Waals surface area (Å²) >= 11 is 0. The molecule has 0 aliphatic carbocycles. The molecule has 1 rings (SSSR count). The van der Waals surface area contributed by atoms with E-state index in [2.05, 4.69) is 0 Å². The van der Waals surface area contributed by atoms with Gasteiger partial charge in [-0.05, 0) is 14.0 Å². The molecule has 4 nitrogen and oxygen atoms in total. The van der Waals surface area contributed by atoms with Crippen LogP contribution < -0.4 is 0 Å². The van der Waals surface area contributed by atoms with Crippen molar-refractivity contribution in [2.75, 3.05) is 20.2 Å². The van der Waals surface area contributed by atoms with E-state index in [9.17, 15) is 9.90 Å². The van der Waals surface area contributed by atoms with Gasteiger partial charge >= 0.3 is 0 Å². The molecule has 1 aliphatic heterocycles. The van der Waals surface area contributed by atoms with E-state index < -0.39 is 5.60 Å². The van der Waals surface area contributed by atoms with Crippen molar-refractivity contribution in [3.05, 3.63) is 0 Å². The summed E-state index contributed by atoms with van der Waals surface area (Å²) in [5, 5.41) is 18.5. The lowest BCUT2D eigenvalue weighted by molar-refractivity contribution is -0.121. The lowest BCUT2D eigenvalue weighted by atomic mass is 10.0. The van der Waals surface area contributed by atoms with Gasteiger partial charge in [0.25, 0.3) is 0 Å². The molecule has 0 radical (unpaired) electrons. The van der Waals surface area contributed by atoms with Crippen LogP contribution in [0, 0.1) is 0 Å². The molecular weight excluding hydrogens is 158 g/mol. The van der Waals surface area contributed by atoms with Gasteiger partial charge in [0, 0.05) is 13.0 Å². The van der Waals surface area contributed by atoms with Crippen LogP contribution in [0.2, 0.25) is 0 Å². The summed E-state index contributed by atoms with van der Waals surface area (Å²) in [6, 6.07) is -0.234. The molecule has 1 unspecified atom stereocenters. The summed E-state index contributed by atoms with van der Waals surface area (Å²) < 4.78 is 0. The molecule has 0 saturated carbocycles. The molecule has 0 aromatic carbocycles. The number of carbonyl (C=O) groups is 1. The highest BCUT2D eigenvalue weighted by Gasteiger charge is 2.42. The molecule has 4 heteroatoms. The van der Waals surface area contributed by atoms with Crippen LogP contribution in [0.15, 0.2) is 0 Å². The fourth-order valence-corrected chi connectivity index (χ4v) is 1.72. The third-order valence-corrected chi connectivity index (χ3v) is 2.41. The molecule has 0 spiro atoms. The molecule has 70 valence electrons. The van der Waals surface area contributed by atoms with Crippen LogP contribution in [0.5, 0.6) is 0 Å². The largest absolute Gasteiger partial charge is 0.393 e. The predicted molar refractivity (Wildman–Crippen MR) is 43.8 cm³/mol. The maximum Gasteiger partial charge on any atom is 0.147 e. The Balaban J connectivity index is 2.68. The molecule has 2 atom stereocenters. The van der Waals surface area contributed by atoms with Gasteiger partial charge in [-0.25, -0.2) is 0 Å². The van der Waals surface area contributed by atoms with Crippen LogP contribution in [0.3, 0.4) is 0 Å². The van der Waals surface area contributed by atoms with Crippen molar-refractivity contribution in [3.8, 4) is 0 Å². The van der Waals surface area contributed by atoms with E-state index >= 15 is 0 Å². The highest BCUT2D eigenvalue weighted by atomic mass is 16.3. The monoisotopic (exact) mass is 173 g/mol. The third-order valence-electron chi connectivity index (χ3n) is 2.41. The highest BCUT2D eigenvalue weighted by molar-refractivity contribution is 5.81. The minimum atomic E-state index is -1.08. The van der Waals surface area contributed by atoms with E-state index in [1.54, 1.807) is 11.9 Å². The van der Waals surface area contributed by atoms with Crippen LogP contribution in [0.4, 0.5) is 0 Å². The van der Waals surface area contributed by atoms with Gasteiger partial charge in [-0.1, -0.05) is 0 Å². The number of β-amino-alcohol motifs (C(OH)–C–C–N with tert-alkyl or cyclic N) is 1. The quantitative estimate of drug-likeness (QED) is 0.562. The molecule has 1 aliphatic rings. The van der Waals surface area contributed by atoms with Gasteiger partial charge in [-0.2, -0.15) is 0 Å². The summed E-state index contributed by atoms with van der Waals surface area (Å²) in [5.41, 5.74) is -1.08. The van der Waals surface area contributed by atoms with Gasteiger partial charge in [-0.3, -0.25) is 9.69 Å². The molecule has 0 aromatic heterocycles. The second kappa shape index (κ2) is 3.12. The molecule has 12 heavy (non-hydrogen) atoms. The molecule has 1 fully saturated rings. The van der Waals surface area contributed by atoms with E-state index in [-0.39, 0.29) is 18.4 Å². The van der Waals surface area contributed by atoms with Crippen molar-refractivity contribution in [2.24, 2.45) is 0 Å². The first-order valence-electron chi connectivity index (χ1n) is 4.02. The SMILES string of the molecule is CC(=O)[C@@H]1CC(O)(CO)CN1C. The molecule has 0 aromatic rings. The fraction of sp³-hybridized carbons (Fsp3) is 0.875. The Morgan fingerprint density at radius 2 is 2.33 bits per heavy atom. The van der Waals surface area contributed by atoms with Crippen LogP contribution >= 0.6 is 0 Å². The van der Waals surface area contributed by atoms with E-state index in [0.717, 1.165) is 0 Å². The van der Waals surface area contributed by atoms with Crippen LogP contribution in [0.25, 0.3) is 0 Å². The summed E-state index contributed by atoms with van der Waals surface area (Å²) in [7, 11) is 1.78. The second-order valence-electron chi connectivity index (χ2n) is 3.63. The van der Waals surface area contributed by atoms with Crippen molar-refractivity contribution in [2.45, 2.75) is 25.0 Å². The normalized spacial score (nSPS) is 37.2. The van der Waals surface area contributed by atoms with Gasteiger partial charge in [0.1, 0.15) is 11.4 Å². The van der Waals surface area contributed by atoms with E-state index in [1.807, 2.05) is 0 Å². The maximum absolute atomic E-state index is 11.0. The van der Waals surface area contributed by atoms with Crippen LogP contribution in [-0.4, -0.2) is 52.7 Å². The first-order valence-corrected chi connectivity index (χ1v) is 4.02. The number of carbonyl (C=O) groups excluding carboxylic acids is 1. The van der Waals surface area contributed by atoms with Gasteiger partial charge in [0.05, 0.1) is 12.6 Å². The van der Waals surface area contributed by atoms with Crippen molar-refractivity contribution in [1.82, 2.24) is 4.90 Å². The van der Waals surface area contributed by atoms with Gasteiger partial charge < -0.3 is 10.2 Å². The number of hydrogen-bond donors (Lipinski definition) is 2. The Hall–Kier alpha value is -0.450. The van der Waals surface area contributed by atoms with Crippen molar-refractivity contribution < 1.29 is 15.0 Å². The zero-order valence-corrected chi connectivity index (χ0v) is 7.45. The molecular formula is C8H15NO3. The smallest absolute Gasteiger partial charge is 0.147 e. The number of nitrogens with zero attached hydrogens (tertiary/aromatic N) is 1. The number of likely N-dealkylation sites (N-methyl/N-ethyl adjacent to an activating group) is 1. The summed E-state index contributed by atoms with van der Waals surface area (Å²) in [6.07, 6.45) is 0.343. The van der Waals surface area contributed by atoms with Gasteiger partial charge in [-0.15, -0.1) is 0 Å². The summed E-state index contributed by atoms with van der Waals surface area (Å²) in [4.78, 5) is 12.8. The number of ketones is 1. The summed E-state index contributed by atoms with van der Waals surface area (Å²) in [5.74, 6) is 0.0434. The molecule has 0 bridgehead atoms. The Kier molecular flexibility index (Phi) is 2.51. The molecule has 1 saturated heterocycles. The average Bonchev–Trinajstić information content (AvgIpc) is 2.28. The fourth-order valence-electron chi connectivity index (χ4n) is 1.72. The number of Topliss-reactive ketones (excluding diaryl/α,β-unsaturated/α-hetero) is 1. The van der Waals surface area contributed by atoms with Gasteiger partial charge in [0.2, 0.25) is 0 Å². The van der Waals surface area contributed by atoms with E-state index in [4.69, 9.17) is 5.11 Å². The number of hydrogen-bond acceptors (Lipinski definition) is 4. The number of likely N-dealkylation sites (tertiary alicyclic amines) is 1. The first-order chi connectivity index (χ1) is 5.48. The summed E-state index contributed by atoms with van der Waals surface area (Å²) in [6.45, 7) is 1.60. The van der Waals surface area contributed by atoms with Crippen molar-refractivity contribution in [1.29, 1.82) is 0 Å². The van der Waals surface area contributed by atoms with Crippen molar-refractivity contribution >= 4 is 5.78 Å². The minimum Gasteiger partial charge on any atom is -0.393 e. The Morgan fingerprint density at radius 3 is 2.58 bits per heavy atom. The first kappa shape index (κ1) is 9.64. The number of aliphatic hydroxyl groups excluding tert-OH is 1. The predicted octanol–water partition coefficient (Wildman–Crippen LogP) is -0.997. The lowest BCUT2D eigenvalue weighted by Gasteiger charge is -2.17. The minimum absolute atomic E-state index is 0.0434. The molecule has 1 heterocycles. The number of aliphatic hydroxyl groups is 2. The van der Waals surface area contributed by atoms with E-state index in [1.165, 1.54) is 6.92 Å². The van der Waals surface area contributed by atoms with Crippen molar-refractivity contribution in [3.63, 3.8) is 0 Å². The topological polar surface area (TPSA) is 60.8 Å². The van der Waals surface area contributed by atoms with Gasteiger partial charge in [0.15, 0.2) is 0 Å². The number of rotatable bonds is 2. The zero-order chi connectivity index (χ0) is 9.35. The zero-order valence-electron chi connectivity index (χ0n) is 7.45. The Morgan fingerprint density at radius 1 is 1.75 bits per heavy atom. The Labute approximate surface area is 71.8 Å². The third kappa shape index (κ3) is 1.65. The average molecular weight is 173 g/mol. The molecule has 2 N–H and O–H groups in total. The maximum atomic E-state index is 11.0. The lowest BCUT2D eigenvalue weighted by Crippen LogP contribution is -2.35. The standard InChI is InChI=1S/C8H15NO3/c1-6(11)7-3-8(12,5-10)4-9(7)2/h7,10,12H,3-5H2,1-2H3/t7-,8?/m0/s1. The Bertz CT molecular complexity index is 195. The highest BCUT2D eigenvalue weighted by Crippen LogP contribution is 2.25. The van der Waals surface area contributed by atoms with Crippen LogP contribution in [0.1, 0.15) is 13.3 Å². The molecule has 0 amide bonds. The second-order valence-corrected chi connectivity index (χ2v) is 3.63.